The smallest absolute Gasteiger partial charge is 0.162 e. The molecule has 1 radical (unpaired) electrons. The Bertz CT molecular complexity index is 2350. The molecule has 0 bridgehead atoms. The molecular weight excluding hydrogens is 935 g/mol. The van der Waals surface area contributed by atoms with Gasteiger partial charge in [0.2, 0.25) is 0 Å². The van der Waals surface area contributed by atoms with Crippen LogP contribution in [0.1, 0.15) is 87.3 Å². The van der Waals surface area contributed by atoms with Crippen LogP contribution in [0.15, 0.2) is 109 Å². The van der Waals surface area contributed by atoms with E-state index in [1.807, 2.05) is 17.5 Å². The van der Waals surface area contributed by atoms with Crippen LogP contribution in [0.5, 0.6) is 0 Å². The van der Waals surface area contributed by atoms with Gasteiger partial charge in [0.25, 0.3) is 0 Å². The maximum Gasteiger partial charge on any atom is 0.162 e. The Morgan fingerprint density at radius 2 is 1.29 bits per heavy atom. The summed E-state index contributed by atoms with van der Waals surface area (Å²) in [5.41, 5.74) is 6.05. The molecular formula is C53H66IrNO2SSi-. The predicted octanol–water partition coefficient (Wildman–Crippen LogP) is 13.9. The molecule has 2 aromatic heterocycles. The van der Waals surface area contributed by atoms with Gasteiger partial charge in [-0.25, -0.2) is 0 Å². The summed E-state index contributed by atoms with van der Waals surface area (Å²) >= 11 is 1.86. The summed E-state index contributed by atoms with van der Waals surface area (Å²) in [6.45, 7) is 30.6. The number of hydrogen-bond acceptors (Lipinski definition) is 4. The van der Waals surface area contributed by atoms with Gasteiger partial charge in [0.15, 0.2) is 5.78 Å². The molecule has 0 unspecified atom stereocenters. The second-order valence-corrected chi connectivity index (χ2v) is 24.5. The summed E-state index contributed by atoms with van der Waals surface area (Å²) in [6.07, 6.45) is 3.44. The minimum Gasteiger partial charge on any atom is -0.512 e. The number of thiophene rings is 1. The van der Waals surface area contributed by atoms with E-state index >= 15 is 0 Å². The van der Waals surface area contributed by atoms with E-state index in [-0.39, 0.29) is 48.9 Å². The molecule has 6 heteroatoms. The number of benzene rings is 4. The van der Waals surface area contributed by atoms with Crippen molar-refractivity contribution in [2.75, 3.05) is 0 Å². The van der Waals surface area contributed by atoms with Gasteiger partial charge >= 0.3 is 0 Å². The van der Waals surface area contributed by atoms with Crippen molar-refractivity contribution in [2.45, 2.75) is 102 Å². The van der Waals surface area contributed by atoms with Crippen LogP contribution < -0.4 is 10.4 Å². The molecule has 3 nitrogen and oxygen atoms in total. The van der Waals surface area contributed by atoms with Gasteiger partial charge in [0.05, 0.1) is 5.76 Å². The number of rotatable bonds is 11. The number of aromatic nitrogens is 1. The Morgan fingerprint density at radius 1 is 0.746 bits per heavy atom. The van der Waals surface area contributed by atoms with Crippen molar-refractivity contribution in [2.24, 2.45) is 35.5 Å². The zero-order chi connectivity index (χ0) is 42.7. The maximum absolute atomic E-state index is 12.3. The number of carbonyl (C=O) groups excluding carboxylic acids is 1. The minimum atomic E-state index is -1.73. The first kappa shape index (κ1) is 48.0. The van der Waals surface area contributed by atoms with E-state index in [0.717, 1.165) is 16.6 Å². The number of nitrogens with zero attached hydrogens (tertiary/aromatic N) is 1. The molecule has 4 aromatic carbocycles. The number of aliphatic hydroxyl groups excluding tert-OH is 1. The van der Waals surface area contributed by atoms with Crippen LogP contribution in [0.2, 0.25) is 13.1 Å². The Balaban J connectivity index is 0.000000329. The van der Waals surface area contributed by atoms with E-state index in [1.165, 1.54) is 53.5 Å². The minimum absolute atomic E-state index is 0. The molecule has 2 heterocycles. The zero-order valence-electron chi connectivity index (χ0n) is 37.8. The zero-order valence-corrected chi connectivity index (χ0v) is 42.0. The molecule has 1 N–H and O–H groups in total. The van der Waals surface area contributed by atoms with Gasteiger partial charge in [0, 0.05) is 59.5 Å². The van der Waals surface area contributed by atoms with Gasteiger partial charge in [-0.3, -0.25) is 9.78 Å². The van der Waals surface area contributed by atoms with E-state index in [2.05, 4.69) is 193 Å². The molecule has 0 fully saturated rings. The summed E-state index contributed by atoms with van der Waals surface area (Å²) in [5.74, 6) is 1.63. The van der Waals surface area contributed by atoms with E-state index < -0.39 is 8.07 Å². The Hall–Kier alpha value is -3.67. The summed E-state index contributed by atoms with van der Waals surface area (Å²) in [6, 6.07) is 37.1. The average Bonchev–Trinajstić information content (AvgIpc) is 3.50. The van der Waals surface area contributed by atoms with Crippen LogP contribution >= 0.6 is 11.3 Å². The number of aryl methyl sites for hydroxylation is 1. The van der Waals surface area contributed by atoms with Crippen molar-refractivity contribution in [3.63, 3.8) is 0 Å². The number of pyridine rings is 1. The number of ketones is 1. The molecule has 0 spiro atoms. The van der Waals surface area contributed by atoms with E-state index in [1.54, 1.807) is 0 Å². The molecule has 315 valence electrons. The molecule has 0 atom stereocenters. The van der Waals surface area contributed by atoms with Gasteiger partial charge in [-0.1, -0.05) is 183 Å². The normalized spacial score (nSPS) is 12.6. The molecule has 6 rings (SSSR count). The first-order valence-corrected chi connectivity index (χ1v) is 25.0. The van der Waals surface area contributed by atoms with Crippen LogP contribution in [0.25, 0.3) is 42.6 Å². The van der Waals surface area contributed by atoms with Crippen molar-refractivity contribution in [1.29, 1.82) is 0 Å². The second kappa shape index (κ2) is 19.8. The second-order valence-electron chi connectivity index (χ2n) is 19.1. The average molecular weight is 1000 g/mol. The van der Waals surface area contributed by atoms with Crippen LogP contribution in [-0.4, -0.2) is 23.9 Å². The maximum atomic E-state index is 12.3. The molecule has 0 saturated heterocycles. The largest absolute Gasteiger partial charge is 0.512 e. The monoisotopic (exact) mass is 1000 g/mol. The first-order chi connectivity index (χ1) is 27.2. The predicted molar refractivity (Wildman–Crippen MR) is 256 cm³/mol. The van der Waals surface area contributed by atoms with Crippen LogP contribution in [0.4, 0.5) is 0 Å². The Morgan fingerprint density at radius 3 is 1.85 bits per heavy atom. The third-order valence-corrected chi connectivity index (χ3v) is 16.8. The molecule has 59 heavy (non-hydrogen) atoms. The molecule has 6 aromatic rings. The van der Waals surface area contributed by atoms with Crippen molar-refractivity contribution >= 4 is 56.4 Å². The number of hydrogen-bond donors (Lipinski definition) is 1. The Kier molecular flexibility index (Phi) is 16.1. The van der Waals surface area contributed by atoms with Gasteiger partial charge < -0.3 is 5.11 Å². The molecule has 0 amide bonds. The topological polar surface area (TPSA) is 50.2 Å². The fraction of sp³-hybridized carbons (Fsp3) is 0.396. The van der Waals surface area contributed by atoms with Crippen molar-refractivity contribution in [3.05, 3.63) is 126 Å². The number of aliphatic hydroxyl groups is 1. The van der Waals surface area contributed by atoms with E-state index in [0.29, 0.717) is 23.7 Å². The van der Waals surface area contributed by atoms with Gasteiger partial charge in [-0.05, 0) is 58.6 Å². The summed E-state index contributed by atoms with van der Waals surface area (Å²) in [7, 11) is -1.73. The van der Waals surface area contributed by atoms with Gasteiger partial charge in [0.1, 0.15) is 8.07 Å². The summed E-state index contributed by atoms with van der Waals surface area (Å²) in [4.78, 5) is 18.6. The third kappa shape index (κ3) is 10.8. The molecule has 0 aliphatic heterocycles. The van der Waals surface area contributed by atoms with Crippen molar-refractivity contribution in [1.82, 2.24) is 4.98 Å². The number of allylic oxidation sites excluding steroid dienone is 2. The number of fused-ring (bicyclic) bond motifs is 2. The van der Waals surface area contributed by atoms with Gasteiger partial charge in [-0.2, -0.15) is 0 Å². The third-order valence-electron chi connectivity index (χ3n) is 11.9. The fourth-order valence-corrected chi connectivity index (χ4v) is 12.5. The van der Waals surface area contributed by atoms with Crippen LogP contribution in [0, 0.1) is 48.5 Å². The quantitative estimate of drug-likeness (QED) is 0.0609. The fourth-order valence-electron chi connectivity index (χ4n) is 8.87. The van der Waals surface area contributed by atoms with Crippen molar-refractivity contribution in [3.8, 4) is 21.7 Å². The van der Waals surface area contributed by atoms with Gasteiger partial charge in [-0.15, -0.1) is 40.5 Å². The van der Waals surface area contributed by atoms with Crippen molar-refractivity contribution < 1.29 is 30.0 Å². The molecule has 0 saturated carbocycles. The van der Waals surface area contributed by atoms with E-state index in [9.17, 15) is 9.90 Å². The van der Waals surface area contributed by atoms with Crippen LogP contribution in [0.3, 0.4) is 0 Å². The van der Waals surface area contributed by atoms with E-state index in [4.69, 9.17) is 4.98 Å². The number of carbonyl (C=O) groups is 1. The SMILES string of the molecule is CC(C)C(C(=O)/C=C(\O)C(C(C)C)C(C)C)C(C)C.Cc1c(-c2ccc([Si](C)(C)c3ccccc3)cc2)sc2c(-c3[c-]c4ccccc4c(C(C)(C)C)c3)nccc12.[Ir]. The standard InChI is InChI=1S/C36H34NSSi.C17H32O2.Ir/c1-24-30-20-21-37-33(27-22-26-12-10-11-15-31(26)32(23-27)36(2,3)4)35(30)38-34(24)25-16-18-29(19-17-25)39(5,6)28-13-8-7-9-14-28;1-10(2)16(11(3)4)14(18)9-15(19)17(12(5)6)13(7)8;/h7-21,23H,1-6H3;9-13,16-18H,1-8H3;/q-1;;/b;14-9-;. The molecule has 0 aliphatic rings. The Labute approximate surface area is 374 Å². The summed E-state index contributed by atoms with van der Waals surface area (Å²) in [5, 5.41) is 16.9. The summed E-state index contributed by atoms with van der Waals surface area (Å²) < 4.78 is 1.24. The van der Waals surface area contributed by atoms with Crippen LogP contribution in [-0.2, 0) is 30.3 Å². The molecule has 0 aliphatic carbocycles. The first-order valence-electron chi connectivity index (χ1n) is 21.2.